The van der Waals surface area contributed by atoms with Crippen molar-refractivity contribution < 1.29 is 22.7 Å². The predicted molar refractivity (Wildman–Crippen MR) is 111 cm³/mol. The van der Waals surface area contributed by atoms with E-state index in [1.54, 1.807) is 0 Å². The van der Waals surface area contributed by atoms with Crippen LogP contribution in [0.25, 0.3) is 0 Å². The van der Waals surface area contributed by atoms with Crippen LogP contribution in [0.1, 0.15) is 50.4 Å². The number of amides is 1. The fraction of sp³-hybridized carbons (Fsp3) is 0.619. The van der Waals surface area contributed by atoms with E-state index in [2.05, 4.69) is 19.2 Å². The summed E-state index contributed by atoms with van der Waals surface area (Å²) in [4.78, 5) is 23.8. The SMILES string of the molecule is CC(=O)c1ccc(S(=O)(=O)N2CCC(C(=O)NCCCOCC(C)C)CC2)cc1. The zero-order chi connectivity index (χ0) is 21.4. The molecular formula is C21H32N2O5S. The lowest BCUT2D eigenvalue weighted by atomic mass is 9.97. The molecule has 0 aromatic heterocycles. The molecule has 1 aromatic rings. The molecule has 162 valence electrons. The van der Waals surface area contributed by atoms with Gasteiger partial charge < -0.3 is 10.1 Å². The van der Waals surface area contributed by atoms with Crippen molar-refractivity contribution in [2.45, 2.75) is 44.9 Å². The van der Waals surface area contributed by atoms with E-state index in [0.29, 0.717) is 50.6 Å². The molecule has 1 aliphatic rings. The minimum absolute atomic E-state index is 0.0169. The predicted octanol–water partition coefficient (Wildman–Crippen LogP) is 2.47. The van der Waals surface area contributed by atoms with Gasteiger partial charge in [0.05, 0.1) is 4.90 Å². The number of ether oxygens (including phenoxy) is 1. The molecule has 0 saturated carbocycles. The number of carbonyl (C=O) groups excluding carboxylic acids is 2. The van der Waals surface area contributed by atoms with Crippen molar-refractivity contribution in [1.82, 2.24) is 9.62 Å². The average Bonchev–Trinajstić information content (AvgIpc) is 2.70. The number of nitrogens with one attached hydrogen (secondary N) is 1. The number of benzene rings is 1. The molecule has 1 N–H and O–H groups in total. The Labute approximate surface area is 173 Å². The van der Waals surface area contributed by atoms with Crippen LogP contribution in [0, 0.1) is 11.8 Å². The Balaban J connectivity index is 1.78. The maximum atomic E-state index is 12.8. The van der Waals surface area contributed by atoms with Gasteiger partial charge in [0.15, 0.2) is 5.78 Å². The largest absolute Gasteiger partial charge is 0.381 e. The van der Waals surface area contributed by atoms with Crippen molar-refractivity contribution in [3.05, 3.63) is 29.8 Å². The van der Waals surface area contributed by atoms with Gasteiger partial charge >= 0.3 is 0 Å². The maximum Gasteiger partial charge on any atom is 0.243 e. The number of Topliss-reactive ketones (excluding diaryl/α,β-unsaturated/α-hetero) is 1. The number of ketones is 1. The lowest BCUT2D eigenvalue weighted by molar-refractivity contribution is -0.126. The summed E-state index contributed by atoms with van der Waals surface area (Å²) < 4.78 is 32.5. The van der Waals surface area contributed by atoms with Crippen molar-refractivity contribution in [1.29, 1.82) is 0 Å². The van der Waals surface area contributed by atoms with Gasteiger partial charge in [0, 0.05) is 44.3 Å². The molecule has 1 aliphatic heterocycles. The van der Waals surface area contributed by atoms with Gasteiger partial charge in [-0.25, -0.2) is 8.42 Å². The lowest BCUT2D eigenvalue weighted by Crippen LogP contribution is -2.43. The Morgan fingerprint density at radius 1 is 1.17 bits per heavy atom. The molecule has 1 aromatic carbocycles. The van der Waals surface area contributed by atoms with E-state index in [1.807, 2.05) is 0 Å². The molecule has 1 fully saturated rings. The van der Waals surface area contributed by atoms with E-state index < -0.39 is 10.0 Å². The Morgan fingerprint density at radius 3 is 2.34 bits per heavy atom. The molecule has 1 saturated heterocycles. The van der Waals surface area contributed by atoms with E-state index in [0.717, 1.165) is 13.0 Å². The van der Waals surface area contributed by atoms with Crippen LogP contribution >= 0.6 is 0 Å². The normalized spacial score (nSPS) is 16.1. The second-order valence-electron chi connectivity index (χ2n) is 7.87. The lowest BCUT2D eigenvalue weighted by Gasteiger charge is -2.30. The van der Waals surface area contributed by atoms with Gasteiger partial charge in [-0.05, 0) is 44.2 Å². The Hall–Kier alpha value is -1.77. The van der Waals surface area contributed by atoms with Gasteiger partial charge in [-0.2, -0.15) is 4.31 Å². The number of sulfonamides is 1. The molecule has 0 spiro atoms. The summed E-state index contributed by atoms with van der Waals surface area (Å²) in [6.07, 6.45) is 1.77. The van der Waals surface area contributed by atoms with Crippen molar-refractivity contribution in [2.75, 3.05) is 32.8 Å². The number of carbonyl (C=O) groups is 2. The van der Waals surface area contributed by atoms with Crippen molar-refractivity contribution in [3.8, 4) is 0 Å². The van der Waals surface area contributed by atoms with Crippen LogP contribution in [0.4, 0.5) is 0 Å². The molecule has 29 heavy (non-hydrogen) atoms. The molecule has 1 heterocycles. The summed E-state index contributed by atoms with van der Waals surface area (Å²) in [6.45, 7) is 8.16. The average molecular weight is 425 g/mol. The van der Waals surface area contributed by atoms with Crippen LogP contribution < -0.4 is 5.32 Å². The molecule has 2 rings (SSSR count). The van der Waals surface area contributed by atoms with Crippen LogP contribution in [0.15, 0.2) is 29.2 Å². The highest BCUT2D eigenvalue weighted by Crippen LogP contribution is 2.24. The number of piperidine rings is 1. The molecule has 7 nitrogen and oxygen atoms in total. The molecule has 0 radical (unpaired) electrons. The molecule has 0 aliphatic carbocycles. The fourth-order valence-electron chi connectivity index (χ4n) is 3.22. The zero-order valence-electron chi connectivity index (χ0n) is 17.5. The van der Waals surface area contributed by atoms with Gasteiger partial charge in [-0.15, -0.1) is 0 Å². The summed E-state index contributed by atoms with van der Waals surface area (Å²) in [5.74, 6) is 0.209. The Kier molecular flexibility index (Phi) is 8.79. The minimum atomic E-state index is -3.61. The highest BCUT2D eigenvalue weighted by atomic mass is 32.2. The molecular weight excluding hydrogens is 392 g/mol. The number of nitrogens with zero attached hydrogens (tertiary/aromatic N) is 1. The fourth-order valence-corrected chi connectivity index (χ4v) is 4.69. The van der Waals surface area contributed by atoms with Gasteiger partial charge in [-0.3, -0.25) is 9.59 Å². The monoisotopic (exact) mass is 424 g/mol. The van der Waals surface area contributed by atoms with Crippen molar-refractivity contribution in [2.24, 2.45) is 11.8 Å². The van der Waals surface area contributed by atoms with Gasteiger partial charge in [0.25, 0.3) is 0 Å². The quantitative estimate of drug-likeness (QED) is 0.460. The summed E-state index contributed by atoms with van der Waals surface area (Å²) in [7, 11) is -3.61. The number of hydrogen-bond acceptors (Lipinski definition) is 5. The highest BCUT2D eigenvalue weighted by molar-refractivity contribution is 7.89. The molecule has 1 amide bonds. The van der Waals surface area contributed by atoms with E-state index in [1.165, 1.54) is 35.5 Å². The van der Waals surface area contributed by atoms with E-state index in [4.69, 9.17) is 4.74 Å². The Morgan fingerprint density at radius 2 is 1.79 bits per heavy atom. The standard InChI is InChI=1S/C21H32N2O5S/c1-16(2)15-28-14-4-11-22-21(25)19-9-12-23(13-10-19)29(26,27)20-7-5-18(6-8-20)17(3)24/h5-8,16,19H,4,9-15H2,1-3H3,(H,22,25). The van der Waals surface area contributed by atoms with Gasteiger partial charge in [0.1, 0.15) is 0 Å². The van der Waals surface area contributed by atoms with Crippen LogP contribution in [0.3, 0.4) is 0 Å². The van der Waals surface area contributed by atoms with Gasteiger partial charge in [-0.1, -0.05) is 26.0 Å². The van der Waals surface area contributed by atoms with Crippen LogP contribution in [0.2, 0.25) is 0 Å². The summed E-state index contributed by atoms with van der Waals surface area (Å²) in [5, 5.41) is 2.92. The molecule has 0 unspecified atom stereocenters. The summed E-state index contributed by atoms with van der Waals surface area (Å²) in [5.41, 5.74) is 0.480. The third-order valence-corrected chi connectivity index (χ3v) is 6.85. The van der Waals surface area contributed by atoms with Crippen LogP contribution in [-0.4, -0.2) is 57.3 Å². The second-order valence-corrected chi connectivity index (χ2v) is 9.81. The first kappa shape index (κ1) is 23.5. The van der Waals surface area contributed by atoms with Crippen LogP contribution in [0.5, 0.6) is 0 Å². The molecule has 8 heteroatoms. The first-order valence-corrected chi connectivity index (χ1v) is 11.6. The topological polar surface area (TPSA) is 92.8 Å². The first-order valence-electron chi connectivity index (χ1n) is 10.2. The highest BCUT2D eigenvalue weighted by Gasteiger charge is 2.32. The Bertz CT molecular complexity index is 782. The number of rotatable bonds is 10. The van der Waals surface area contributed by atoms with E-state index >= 15 is 0 Å². The van der Waals surface area contributed by atoms with Crippen molar-refractivity contribution >= 4 is 21.7 Å². The van der Waals surface area contributed by atoms with Crippen LogP contribution in [-0.2, 0) is 19.6 Å². The number of hydrogen-bond donors (Lipinski definition) is 1. The summed E-state index contributed by atoms with van der Waals surface area (Å²) >= 11 is 0. The van der Waals surface area contributed by atoms with Gasteiger partial charge in [0.2, 0.25) is 15.9 Å². The van der Waals surface area contributed by atoms with Crippen molar-refractivity contribution in [3.63, 3.8) is 0 Å². The molecule has 0 bridgehead atoms. The van der Waals surface area contributed by atoms with E-state index in [9.17, 15) is 18.0 Å². The minimum Gasteiger partial charge on any atom is -0.381 e. The zero-order valence-corrected chi connectivity index (χ0v) is 18.3. The second kappa shape index (κ2) is 10.8. The smallest absolute Gasteiger partial charge is 0.243 e. The van der Waals surface area contributed by atoms with E-state index in [-0.39, 0.29) is 22.5 Å². The third kappa shape index (κ3) is 6.90. The first-order chi connectivity index (χ1) is 13.7. The third-order valence-electron chi connectivity index (χ3n) is 4.94. The molecule has 0 atom stereocenters. The summed E-state index contributed by atoms with van der Waals surface area (Å²) in [6, 6.07) is 5.99. The maximum absolute atomic E-state index is 12.8.